The number of hydrogen-bond donors (Lipinski definition) is 1. The monoisotopic (exact) mass is 268 g/mol. The summed E-state index contributed by atoms with van der Waals surface area (Å²) in [4.78, 5) is 11.4. The molecule has 3 heteroatoms. The minimum Gasteiger partial charge on any atom is -0.478 e. The third-order valence-corrected chi connectivity index (χ3v) is 2.84. The maximum atomic E-state index is 11.4. The van der Waals surface area contributed by atoms with E-state index in [1.807, 2.05) is 36.4 Å². The Kier molecular flexibility index (Phi) is 4.20. The molecule has 1 N–H and O–H groups in total. The number of ether oxygens (including phenoxy) is 1. The average molecular weight is 268 g/mol. The van der Waals surface area contributed by atoms with Crippen molar-refractivity contribution in [2.45, 2.75) is 13.8 Å². The van der Waals surface area contributed by atoms with E-state index in [1.165, 1.54) is 0 Å². The first-order chi connectivity index (χ1) is 9.59. The molecule has 0 saturated heterocycles. The molecular formula is C17H16O3. The zero-order valence-electron chi connectivity index (χ0n) is 11.5. The van der Waals surface area contributed by atoms with Crippen LogP contribution in [0.3, 0.4) is 0 Å². The van der Waals surface area contributed by atoms with E-state index in [1.54, 1.807) is 32.0 Å². The van der Waals surface area contributed by atoms with Crippen LogP contribution in [0.25, 0.3) is 5.57 Å². The third-order valence-electron chi connectivity index (χ3n) is 2.84. The zero-order chi connectivity index (χ0) is 14.5. The molecule has 0 unspecified atom stereocenters. The molecule has 2 rings (SSSR count). The Morgan fingerprint density at radius 2 is 1.55 bits per heavy atom. The van der Waals surface area contributed by atoms with Crippen LogP contribution in [-0.2, 0) is 4.79 Å². The van der Waals surface area contributed by atoms with Gasteiger partial charge in [-0.25, -0.2) is 4.79 Å². The Labute approximate surface area is 118 Å². The van der Waals surface area contributed by atoms with E-state index < -0.39 is 5.97 Å². The number of carboxylic acids is 1. The van der Waals surface area contributed by atoms with Gasteiger partial charge in [0.25, 0.3) is 0 Å². The van der Waals surface area contributed by atoms with Crippen LogP contribution in [0, 0.1) is 0 Å². The number of carboxylic acid groups (broad SMARTS) is 1. The lowest BCUT2D eigenvalue weighted by atomic mass is 10.0. The van der Waals surface area contributed by atoms with Gasteiger partial charge in [-0.2, -0.15) is 0 Å². The van der Waals surface area contributed by atoms with Gasteiger partial charge in [0.1, 0.15) is 11.5 Å². The number of aliphatic carboxylic acids is 1. The van der Waals surface area contributed by atoms with Gasteiger partial charge >= 0.3 is 5.97 Å². The van der Waals surface area contributed by atoms with Crippen LogP contribution in [-0.4, -0.2) is 11.1 Å². The maximum Gasteiger partial charge on any atom is 0.336 e. The van der Waals surface area contributed by atoms with E-state index in [4.69, 9.17) is 4.74 Å². The molecule has 3 nitrogen and oxygen atoms in total. The van der Waals surface area contributed by atoms with Gasteiger partial charge in [0.15, 0.2) is 0 Å². The molecule has 0 radical (unpaired) electrons. The van der Waals surface area contributed by atoms with Gasteiger partial charge in [-0.05, 0) is 32.0 Å². The van der Waals surface area contributed by atoms with Crippen molar-refractivity contribution in [3.63, 3.8) is 0 Å². The quantitative estimate of drug-likeness (QED) is 0.838. The summed E-state index contributed by atoms with van der Waals surface area (Å²) in [5, 5.41) is 9.37. The standard InChI is InChI=1S/C17H16O3/c1-12(2)16(17(18)19)14-10-6-7-11-15(14)20-13-8-4-3-5-9-13/h3-11H,1-2H3,(H,18,19). The molecule has 20 heavy (non-hydrogen) atoms. The first-order valence-corrected chi connectivity index (χ1v) is 6.32. The Balaban J connectivity index is 2.46. The van der Waals surface area contributed by atoms with E-state index >= 15 is 0 Å². The minimum atomic E-state index is -0.950. The first kappa shape index (κ1) is 13.9. The molecule has 0 aromatic heterocycles. The Morgan fingerprint density at radius 3 is 2.15 bits per heavy atom. The summed E-state index contributed by atoms with van der Waals surface area (Å²) in [6, 6.07) is 16.5. The van der Waals surface area contributed by atoms with Gasteiger partial charge < -0.3 is 9.84 Å². The van der Waals surface area contributed by atoms with Crippen molar-refractivity contribution >= 4 is 11.5 Å². The number of hydrogen-bond acceptors (Lipinski definition) is 2. The van der Waals surface area contributed by atoms with Gasteiger partial charge in [0.05, 0.1) is 5.57 Å². The highest BCUT2D eigenvalue weighted by molar-refractivity contribution is 6.17. The molecule has 2 aromatic rings. The number of allylic oxidation sites excluding steroid dienone is 1. The van der Waals surface area contributed by atoms with Crippen molar-refractivity contribution in [1.82, 2.24) is 0 Å². The van der Waals surface area contributed by atoms with Crippen LogP contribution < -0.4 is 4.74 Å². The molecule has 0 aliphatic carbocycles. The molecule has 0 bridgehead atoms. The van der Waals surface area contributed by atoms with Crippen molar-refractivity contribution < 1.29 is 14.6 Å². The predicted molar refractivity (Wildman–Crippen MR) is 78.9 cm³/mol. The highest BCUT2D eigenvalue weighted by atomic mass is 16.5. The van der Waals surface area contributed by atoms with E-state index in [0.717, 1.165) is 5.57 Å². The summed E-state index contributed by atoms with van der Waals surface area (Å²) >= 11 is 0. The van der Waals surface area contributed by atoms with Crippen molar-refractivity contribution in [2.24, 2.45) is 0 Å². The number of para-hydroxylation sites is 2. The van der Waals surface area contributed by atoms with Gasteiger partial charge in [-0.1, -0.05) is 42.0 Å². The molecule has 102 valence electrons. The predicted octanol–water partition coefficient (Wildman–Crippen LogP) is 4.36. The second kappa shape index (κ2) is 6.06. The highest BCUT2D eigenvalue weighted by Crippen LogP contribution is 2.31. The van der Waals surface area contributed by atoms with Crippen molar-refractivity contribution in [2.75, 3.05) is 0 Å². The van der Waals surface area contributed by atoms with Crippen LogP contribution in [0.2, 0.25) is 0 Å². The first-order valence-electron chi connectivity index (χ1n) is 6.32. The number of carbonyl (C=O) groups is 1. The van der Waals surface area contributed by atoms with Crippen molar-refractivity contribution in [3.05, 3.63) is 65.7 Å². The second-order valence-electron chi connectivity index (χ2n) is 4.59. The largest absolute Gasteiger partial charge is 0.478 e. The van der Waals surface area contributed by atoms with Crippen molar-refractivity contribution in [1.29, 1.82) is 0 Å². The van der Waals surface area contributed by atoms with E-state index in [9.17, 15) is 9.90 Å². The minimum absolute atomic E-state index is 0.275. The van der Waals surface area contributed by atoms with Crippen LogP contribution in [0.1, 0.15) is 19.4 Å². The summed E-state index contributed by atoms with van der Waals surface area (Å²) in [6.07, 6.45) is 0. The molecule has 0 fully saturated rings. The molecule has 0 heterocycles. The van der Waals surface area contributed by atoms with Crippen LogP contribution >= 0.6 is 0 Å². The fraction of sp³-hybridized carbons (Fsp3) is 0.118. The van der Waals surface area contributed by atoms with E-state index in [-0.39, 0.29) is 5.57 Å². The summed E-state index contributed by atoms with van der Waals surface area (Å²) in [6.45, 7) is 3.56. The Bertz CT molecular complexity index is 638. The molecule has 2 aromatic carbocycles. The summed E-state index contributed by atoms with van der Waals surface area (Å²) in [5.41, 5.74) is 1.60. The fourth-order valence-electron chi connectivity index (χ4n) is 1.98. The fourth-order valence-corrected chi connectivity index (χ4v) is 1.98. The number of rotatable bonds is 4. The zero-order valence-corrected chi connectivity index (χ0v) is 11.5. The van der Waals surface area contributed by atoms with E-state index in [0.29, 0.717) is 17.1 Å². The Morgan fingerprint density at radius 1 is 0.950 bits per heavy atom. The summed E-state index contributed by atoms with van der Waals surface area (Å²) in [5.74, 6) is 0.268. The lowest BCUT2D eigenvalue weighted by molar-refractivity contribution is -0.130. The van der Waals surface area contributed by atoms with Gasteiger partial charge in [-0.15, -0.1) is 0 Å². The molecule has 0 saturated carbocycles. The molecule has 0 amide bonds. The van der Waals surface area contributed by atoms with Crippen LogP contribution in [0.4, 0.5) is 0 Å². The maximum absolute atomic E-state index is 11.4. The second-order valence-corrected chi connectivity index (χ2v) is 4.59. The third kappa shape index (κ3) is 3.06. The van der Waals surface area contributed by atoms with Gasteiger partial charge in [0, 0.05) is 5.56 Å². The number of benzene rings is 2. The Hall–Kier alpha value is -2.55. The van der Waals surface area contributed by atoms with Crippen molar-refractivity contribution in [3.8, 4) is 11.5 Å². The molecule has 0 aliphatic rings. The van der Waals surface area contributed by atoms with Crippen LogP contribution in [0.15, 0.2) is 60.2 Å². The summed E-state index contributed by atoms with van der Waals surface area (Å²) in [7, 11) is 0. The van der Waals surface area contributed by atoms with Gasteiger partial charge in [0.2, 0.25) is 0 Å². The SMILES string of the molecule is CC(C)=C(C(=O)O)c1ccccc1Oc1ccccc1. The topological polar surface area (TPSA) is 46.5 Å². The van der Waals surface area contributed by atoms with E-state index in [2.05, 4.69) is 0 Å². The smallest absolute Gasteiger partial charge is 0.336 e. The van der Waals surface area contributed by atoms with Gasteiger partial charge in [-0.3, -0.25) is 0 Å². The van der Waals surface area contributed by atoms with Crippen LogP contribution in [0.5, 0.6) is 11.5 Å². The lowest BCUT2D eigenvalue weighted by Crippen LogP contribution is -2.03. The average Bonchev–Trinajstić information content (AvgIpc) is 2.41. The summed E-state index contributed by atoms with van der Waals surface area (Å²) < 4.78 is 5.79. The molecular weight excluding hydrogens is 252 g/mol. The lowest BCUT2D eigenvalue weighted by Gasteiger charge is -2.12. The molecule has 0 aliphatic heterocycles. The molecule has 0 atom stereocenters. The molecule has 0 spiro atoms. The normalized spacial score (nSPS) is 9.90. The highest BCUT2D eigenvalue weighted by Gasteiger charge is 2.16.